The number of ether oxygens (including phenoxy) is 1. The maximum Gasteiger partial charge on any atom is 0.407 e. The van der Waals surface area contributed by atoms with Crippen molar-refractivity contribution in [2.24, 2.45) is 0 Å². The van der Waals surface area contributed by atoms with Gasteiger partial charge in [-0.15, -0.1) is 11.3 Å². The minimum absolute atomic E-state index is 0.0665. The van der Waals surface area contributed by atoms with E-state index in [2.05, 4.69) is 27.8 Å². The highest BCUT2D eigenvalue weighted by Gasteiger charge is 2.29. The number of aromatic carboxylic acids is 1. The summed E-state index contributed by atoms with van der Waals surface area (Å²) in [6.07, 6.45) is 0.466. The first-order valence-electron chi connectivity index (χ1n) is 11.5. The van der Waals surface area contributed by atoms with Gasteiger partial charge in [-0.1, -0.05) is 61.9 Å². The predicted molar refractivity (Wildman–Crippen MR) is 133 cm³/mol. The van der Waals surface area contributed by atoms with Crippen LogP contribution in [0.5, 0.6) is 0 Å². The van der Waals surface area contributed by atoms with Gasteiger partial charge >= 0.3 is 12.1 Å². The summed E-state index contributed by atoms with van der Waals surface area (Å²) in [5.41, 5.74) is 4.92. The first kappa shape index (κ1) is 24.4. The fourth-order valence-electron chi connectivity index (χ4n) is 4.35. The van der Waals surface area contributed by atoms with Gasteiger partial charge in [0.05, 0.1) is 12.2 Å². The van der Waals surface area contributed by atoms with E-state index in [1.165, 1.54) is 0 Å². The number of aryl methyl sites for hydroxylation is 1. The molecule has 1 aromatic heterocycles. The topological polar surface area (TPSA) is 118 Å². The lowest BCUT2D eigenvalue weighted by molar-refractivity contribution is -0.123. The van der Waals surface area contributed by atoms with Crippen LogP contribution in [0.15, 0.2) is 48.5 Å². The van der Waals surface area contributed by atoms with Gasteiger partial charge in [-0.25, -0.2) is 14.6 Å². The largest absolute Gasteiger partial charge is 0.477 e. The number of nitrogens with one attached hydrogen (secondary N) is 2. The summed E-state index contributed by atoms with van der Waals surface area (Å²) in [6, 6.07) is 15.4. The SMILES string of the molecule is CCCC(NC(=O)OCC1c2ccccc2-c2ccccc21)C(=O)NCc1nc(C)c(C(=O)O)s1. The highest BCUT2D eigenvalue weighted by Crippen LogP contribution is 2.44. The van der Waals surface area contributed by atoms with E-state index < -0.39 is 18.1 Å². The number of fused-ring (bicyclic) bond motifs is 3. The molecule has 0 fully saturated rings. The fraction of sp³-hybridized carbons (Fsp3) is 0.308. The Morgan fingerprint density at radius 1 is 1.09 bits per heavy atom. The number of hydrogen-bond donors (Lipinski definition) is 3. The van der Waals surface area contributed by atoms with E-state index in [1.54, 1.807) is 6.92 Å². The van der Waals surface area contributed by atoms with Gasteiger partial charge in [0, 0.05) is 5.92 Å². The van der Waals surface area contributed by atoms with E-state index >= 15 is 0 Å². The number of benzene rings is 2. The van der Waals surface area contributed by atoms with Crippen molar-refractivity contribution >= 4 is 29.3 Å². The van der Waals surface area contributed by atoms with Crippen LogP contribution >= 0.6 is 11.3 Å². The van der Waals surface area contributed by atoms with Gasteiger partial charge < -0.3 is 20.5 Å². The van der Waals surface area contributed by atoms with Gasteiger partial charge in [-0.2, -0.15) is 0 Å². The van der Waals surface area contributed by atoms with Crippen LogP contribution in [0.3, 0.4) is 0 Å². The first-order valence-corrected chi connectivity index (χ1v) is 12.3. The van der Waals surface area contributed by atoms with Gasteiger partial charge in [-0.05, 0) is 35.6 Å². The van der Waals surface area contributed by atoms with Crippen molar-refractivity contribution < 1.29 is 24.2 Å². The van der Waals surface area contributed by atoms with E-state index in [9.17, 15) is 19.5 Å². The summed E-state index contributed by atoms with van der Waals surface area (Å²) in [6.45, 7) is 3.79. The second-order valence-corrected chi connectivity index (χ2v) is 9.44. The van der Waals surface area contributed by atoms with E-state index in [-0.39, 0.29) is 29.9 Å². The molecule has 1 unspecified atom stereocenters. The highest BCUT2D eigenvalue weighted by molar-refractivity contribution is 7.13. The molecular formula is C26H27N3O5S. The van der Waals surface area contributed by atoms with Crippen LogP contribution in [0.2, 0.25) is 0 Å². The third-order valence-electron chi connectivity index (χ3n) is 5.98. The average Bonchev–Trinajstić information content (AvgIpc) is 3.38. The number of amides is 2. The lowest BCUT2D eigenvalue weighted by Crippen LogP contribution is -2.46. The smallest absolute Gasteiger partial charge is 0.407 e. The van der Waals surface area contributed by atoms with Crippen LogP contribution in [0.4, 0.5) is 4.79 Å². The zero-order chi connectivity index (χ0) is 24.9. The molecule has 0 spiro atoms. The average molecular weight is 494 g/mol. The molecule has 1 heterocycles. The molecule has 2 amide bonds. The van der Waals surface area contributed by atoms with Crippen LogP contribution in [0.25, 0.3) is 11.1 Å². The van der Waals surface area contributed by atoms with Crippen LogP contribution in [-0.2, 0) is 16.1 Å². The number of thiazole rings is 1. The van der Waals surface area contributed by atoms with Crippen molar-refractivity contribution in [1.82, 2.24) is 15.6 Å². The fourth-order valence-corrected chi connectivity index (χ4v) is 5.20. The number of hydrogen-bond acceptors (Lipinski definition) is 6. The predicted octanol–water partition coefficient (Wildman–Crippen LogP) is 4.47. The molecule has 3 N–H and O–H groups in total. The summed E-state index contributed by atoms with van der Waals surface area (Å²) >= 11 is 1.02. The van der Waals surface area contributed by atoms with Crippen molar-refractivity contribution in [3.05, 3.63) is 75.2 Å². The van der Waals surface area contributed by atoms with E-state index in [1.807, 2.05) is 43.3 Å². The molecule has 8 nitrogen and oxygen atoms in total. The van der Waals surface area contributed by atoms with Gasteiger partial charge in [0.1, 0.15) is 22.5 Å². The minimum atomic E-state index is -1.04. The van der Waals surface area contributed by atoms with E-state index in [4.69, 9.17) is 4.74 Å². The Morgan fingerprint density at radius 2 is 1.71 bits per heavy atom. The summed E-state index contributed by atoms with van der Waals surface area (Å²) < 4.78 is 5.57. The molecule has 1 atom stereocenters. The van der Waals surface area contributed by atoms with Crippen LogP contribution in [0.1, 0.15) is 57.2 Å². The molecule has 9 heteroatoms. The van der Waals surface area contributed by atoms with Crippen molar-refractivity contribution in [2.45, 2.75) is 45.2 Å². The molecule has 2 aromatic carbocycles. The number of nitrogens with zero attached hydrogens (tertiary/aromatic N) is 1. The van der Waals surface area contributed by atoms with Crippen LogP contribution in [-0.4, -0.2) is 40.7 Å². The summed E-state index contributed by atoms with van der Waals surface area (Å²) in [7, 11) is 0. The zero-order valence-electron chi connectivity index (χ0n) is 19.5. The molecule has 4 rings (SSSR count). The maximum absolute atomic E-state index is 12.7. The molecule has 1 aliphatic rings. The molecule has 35 heavy (non-hydrogen) atoms. The normalized spacial score (nSPS) is 13.0. The number of carboxylic acid groups (broad SMARTS) is 1. The van der Waals surface area contributed by atoms with Gasteiger partial charge in [-0.3, -0.25) is 4.79 Å². The lowest BCUT2D eigenvalue weighted by Gasteiger charge is -2.19. The van der Waals surface area contributed by atoms with Crippen molar-refractivity contribution in [3.63, 3.8) is 0 Å². The number of carbonyl (C=O) groups excluding carboxylic acids is 2. The number of carboxylic acids is 1. The summed E-state index contributed by atoms with van der Waals surface area (Å²) in [4.78, 5) is 40.9. The molecule has 182 valence electrons. The van der Waals surface area contributed by atoms with Crippen LogP contribution in [0, 0.1) is 6.92 Å². The standard InChI is InChI=1S/C26H27N3O5S/c1-3-8-21(24(30)27-13-22-28-15(2)23(35-22)25(31)32)29-26(33)34-14-20-18-11-6-4-9-16(18)17-10-5-7-12-19(17)20/h4-7,9-12,20-21H,3,8,13-14H2,1-2H3,(H,27,30)(H,29,33)(H,31,32). The quantitative estimate of drug-likeness (QED) is 0.405. The third kappa shape index (κ3) is 5.35. The maximum atomic E-state index is 12.7. The molecule has 0 bridgehead atoms. The number of aromatic nitrogens is 1. The van der Waals surface area contributed by atoms with Crippen LogP contribution < -0.4 is 10.6 Å². The Balaban J connectivity index is 1.35. The molecule has 0 saturated heterocycles. The molecular weight excluding hydrogens is 466 g/mol. The summed E-state index contributed by atoms with van der Waals surface area (Å²) in [5, 5.41) is 15.1. The number of alkyl carbamates (subject to hydrolysis) is 1. The second-order valence-electron chi connectivity index (χ2n) is 8.36. The Morgan fingerprint density at radius 3 is 2.29 bits per heavy atom. The van der Waals surface area contributed by atoms with E-state index in [0.29, 0.717) is 23.5 Å². The Bertz CT molecular complexity index is 1210. The van der Waals surface area contributed by atoms with Gasteiger partial charge in [0.15, 0.2) is 0 Å². The number of rotatable bonds is 9. The first-order chi connectivity index (χ1) is 16.9. The Hall–Kier alpha value is -3.72. The molecule has 0 radical (unpaired) electrons. The number of carbonyl (C=O) groups is 3. The minimum Gasteiger partial charge on any atom is -0.477 e. The third-order valence-corrected chi connectivity index (χ3v) is 7.12. The molecule has 0 aliphatic heterocycles. The summed E-state index contributed by atoms with van der Waals surface area (Å²) in [5.74, 6) is -1.48. The van der Waals surface area contributed by atoms with E-state index in [0.717, 1.165) is 33.6 Å². The monoisotopic (exact) mass is 493 g/mol. The van der Waals surface area contributed by atoms with Gasteiger partial charge in [0.2, 0.25) is 5.91 Å². The lowest BCUT2D eigenvalue weighted by atomic mass is 9.98. The van der Waals surface area contributed by atoms with Crippen molar-refractivity contribution in [2.75, 3.05) is 6.61 Å². The molecule has 1 aliphatic carbocycles. The highest BCUT2D eigenvalue weighted by atomic mass is 32.1. The van der Waals surface area contributed by atoms with Crippen molar-refractivity contribution in [3.8, 4) is 11.1 Å². The Kier molecular flexibility index (Phi) is 7.45. The second kappa shape index (κ2) is 10.7. The molecule has 0 saturated carbocycles. The molecule has 3 aromatic rings. The van der Waals surface area contributed by atoms with Crippen molar-refractivity contribution in [1.29, 1.82) is 0 Å². The Labute approximate surface area is 207 Å². The van der Waals surface area contributed by atoms with Gasteiger partial charge in [0.25, 0.3) is 0 Å². The zero-order valence-corrected chi connectivity index (χ0v) is 20.4.